The van der Waals surface area contributed by atoms with Crippen molar-refractivity contribution in [1.82, 2.24) is 0 Å². The second-order valence-electron chi connectivity index (χ2n) is 9.11. The Balaban J connectivity index is 1.54. The van der Waals surface area contributed by atoms with Gasteiger partial charge in [-0.3, -0.25) is 4.79 Å². The van der Waals surface area contributed by atoms with Crippen LogP contribution in [0.4, 0.5) is 13.2 Å². The first-order chi connectivity index (χ1) is 20.4. The number of carbonyl (C=O) groups is 1. The lowest BCUT2D eigenvalue weighted by Gasteiger charge is -2.21. The normalized spacial score (nSPS) is 13.5. The van der Waals surface area contributed by atoms with Gasteiger partial charge in [0.15, 0.2) is 5.43 Å². The van der Waals surface area contributed by atoms with E-state index in [2.05, 4.69) is 0 Å². The molecule has 1 aromatic heterocycles. The molecule has 0 unspecified atom stereocenters. The number of halogens is 5. The average Bonchev–Trinajstić information content (AvgIpc) is 2.96. The SMILES string of the molecule is O=C(O)c1cc(=O)c2ccc(S[C@@H](/C=C/C=C\CCOc3ccc(Cl)c(Cl)c3)[C@H](O)c3cccc(C(F)(F)F)c3)cc2o1. The van der Waals surface area contributed by atoms with Crippen molar-refractivity contribution in [2.75, 3.05) is 6.61 Å². The Morgan fingerprint density at radius 1 is 1.02 bits per heavy atom. The van der Waals surface area contributed by atoms with Crippen molar-refractivity contribution in [3.63, 3.8) is 0 Å². The standard InChI is InChI=1S/C31H23Cl2F3O6S/c32-23-12-9-20(15-24(23)33)41-13-4-2-1-3-8-28(29(38)18-6-5-7-19(14-18)31(34,35)36)43-21-10-11-22-25(37)17-27(30(39)40)42-26(22)16-21/h1-3,5-12,14-17,28-29,38H,4,13H2,(H,39,40)/b2-1-,8-3+/t28-,29+/m0/s1. The number of fused-ring (bicyclic) bond motifs is 1. The molecule has 0 radical (unpaired) electrons. The Kier molecular flexibility index (Phi) is 10.6. The molecule has 12 heteroatoms. The average molecular weight is 651 g/mol. The van der Waals surface area contributed by atoms with E-state index in [1.807, 2.05) is 6.08 Å². The zero-order valence-corrected chi connectivity index (χ0v) is 24.4. The summed E-state index contributed by atoms with van der Waals surface area (Å²) in [5.74, 6) is -1.39. The van der Waals surface area contributed by atoms with E-state index in [9.17, 15) is 33.0 Å². The Labute approximate surface area is 258 Å². The number of allylic oxidation sites excluding steroid dienone is 2. The number of aliphatic hydroxyl groups excluding tert-OH is 1. The molecule has 43 heavy (non-hydrogen) atoms. The lowest BCUT2D eigenvalue weighted by Crippen LogP contribution is -2.14. The lowest BCUT2D eigenvalue weighted by atomic mass is 10.0. The Bertz CT molecular complexity index is 1740. The number of rotatable bonds is 11. The third-order valence-electron chi connectivity index (χ3n) is 6.04. The van der Waals surface area contributed by atoms with E-state index in [-0.39, 0.29) is 16.5 Å². The van der Waals surface area contributed by atoms with Crippen LogP contribution in [-0.2, 0) is 6.18 Å². The van der Waals surface area contributed by atoms with E-state index in [1.165, 1.54) is 24.3 Å². The highest BCUT2D eigenvalue weighted by atomic mass is 35.5. The Hall–Kier alpha value is -3.70. The predicted molar refractivity (Wildman–Crippen MR) is 160 cm³/mol. The first kappa shape index (κ1) is 32.2. The highest BCUT2D eigenvalue weighted by Gasteiger charge is 2.31. The summed E-state index contributed by atoms with van der Waals surface area (Å²) in [5, 5.41) is 20.5. The van der Waals surface area contributed by atoms with Crippen LogP contribution in [0.25, 0.3) is 11.0 Å². The third-order valence-corrected chi connectivity index (χ3v) is 7.99. The van der Waals surface area contributed by atoms with E-state index in [4.69, 9.17) is 32.4 Å². The smallest absolute Gasteiger partial charge is 0.416 e. The molecule has 2 N–H and O–H groups in total. The van der Waals surface area contributed by atoms with Gasteiger partial charge in [-0.25, -0.2) is 4.79 Å². The van der Waals surface area contributed by atoms with Crippen LogP contribution in [0.15, 0.2) is 105 Å². The fourth-order valence-corrected chi connectivity index (χ4v) is 5.31. The molecule has 0 spiro atoms. The number of aliphatic hydroxyl groups is 1. The molecule has 0 bridgehead atoms. The largest absolute Gasteiger partial charge is 0.493 e. The van der Waals surface area contributed by atoms with Crippen LogP contribution in [0.3, 0.4) is 0 Å². The number of aromatic carboxylic acids is 1. The molecular weight excluding hydrogens is 628 g/mol. The lowest BCUT2D eigenvalue weighted by molar-refractivity contribution is -0.137. The van der Waals surface area contributed by atoms with Gasteiger partial charge in [-0.05, 0) is 54.4 Å². The first-order valence-electron chi connectivity index (χ1n) is 12.7. The molecule has 4 aromatic rings. The van der Waals surface area contributed by atoms with Gasteiger partial charge in [-0.15, -0.1) is 11.8 Å². The maximum Gasteiger partial charge on any atom is 0.416 e. The minimum atomic E-state index is -4.59. The van der Waals surface area contributed by atoms with Crippen LogP contribution in [0.5, 0.6) is 5.75 Å². The summed E-state index contributed by atoms with van der Waals surface area (Å²) in [5.41, 5.74) is -1.36. The fraction of sp³-hybridized carbons (Fsp3) is 0.161. The number of thioether (sulfide) groups is 1. The quantitative estimate of drug-likeness (QED) is 0.0953. The van der Waals surface area contributed by atoms with Gasteiger partial charge in [0.25, 0.3) is 0 Å². The van der Waals surface area contributed by atoms with Gasteiger partial charge in [0, 0.05) is 17.0 Å². The van der Waals surface area contributed by atoms with Crippen molar-refractivity contribution in [1.29, 1.82) is 0 Å². The van der Waals surface area contributed by atoms with Crippen LogP contribution >= 0.6 is 35.0 Å². The van der Waals surface area contributed by atoms with Crippen molar-refractivity contribution >= 4 is 51.9 Å². The van der Waals surface area contributed by atoms with Gasteiger partial charge in [0.1, 0.15) is 11.3 Å². The Morgan fingerprint density at radius 3 is 2.53 bits per heavy atom. The van der Waals surface area contributed by atoms with E-state index < -0.39 is 40.3 Å². The van der Waals surface area contributed by atoms with Crippen LogP contribution in [-0.4, -0.2) is 28.0 Å². The number of alkyl halides is 3. The fourth-order valence-electron chi connectivity index (χ4n) is 3.93. The predicted octanol–water partition coefficient (Wildman–Crippen LogP) is 8.59. The number of benzene rings is 3. The van der Waals surface area contributed by atoms with E-state index >= 15 is 0 Å². The third kappa shape index (κ3) is 8.67. The van der Waals surface area contributed by atoms with Crippen molar-refractivity contribution < 1.29 is 37.3 Å². The molecule has 0 aliphatic carbocycles. The molecule has 1 heterocycles. The molecule has 0 aliphatic rings. The Morgan fingerprint density at radius 2 is 1.81 bits per heavy atom. The van der Waals surface area contributed by atoms with Gasteiger partial charge in [0.2, 0.25) is 5.76 Å². The summed E-state index contributed by atoms with van der Waals surface area (Å²) < 4.78 is 51.0. The zero-order valence-electron chi connectivity index (χ0n) is 22.1. The molecule has 0 fully saturated rings. The van der Waals surface area contributed by atoms with E-state index in [0.717, 1.165) is 30.0 Å². The minimum absolute atomic E-state index is 0.0214. The van der Waals surface area contributed by atoms with Crippen molar-refractivity contribution in [2.24, 2.45) is 0 Å². The first-order valence-corrected chi connectivity index (χ1v) is 14.3. The van der Waals surface area contributed by atoms with Crippen molar-refractivity contribution in [2.45, 2.75) is 28.8 Å². The molecule has 0 saturated heterocycles. The highest BCUT2D eigenvalue weighted by Crippen LogP contribution is 2.37. The molecule has 3 aromatic carbocycles. The second kappa shape index (κ2) is 14.2. The van der Waals surface area contributed by atoms with Crippen molar-refractivity contribution in [3.05, 3.63) is 128 Å². The number of hydrogen-bond donors (Lipinski definition) is 2. The van der Waals surface area contributed by atoms with Crippen LogP contribution in [0, 0.1) is 0 Å². The molecule has 2 atom stereocenters. The summed E-state index contributed by atoms with van der Waals surface area (Å²) in [6.07, 6.45) is 1.37. The highest BCUT2D eigenvalue weighted by molar-refractivity contribution is 8.00. The second-order valence-corrected chi connectivity index (χ2v) is 11.2. The molecule has 0 amide bonds. The van der Waals surface area contributed by atoms with Gasteiger partial charge >= 0.3 is 12.1 Å². The van der Waals surface area contributed by atoms with Gasteiger partial charge < -0.3 is 19.4 Å². The van der Waals surface area contributed by atoms with E-state index in [1.54, 1.807) is 42.5 Å². The molecule has 6 nitrogen and oxygen atoms in total. The number of carboxylic acid groups (broad SMARTS) is 1. The maximum absolute atomic E-state index is 13.3. The van der Waals surface area contributed by atoms with Crippen LogP contribution in [0.1, 0.15) is 34.2 Å². The molecule has 224 valence electrons. The number of hydrogen-bond acceptors (Lipinski definition) is 6. The van der Waals surface area contributed by atoms with Crippen molar-refractivity contribution in [3.8, 4) is 5.75 Å². The van der Waals surface area contributed by atoms with Crippen LogP contribution < -0.4 is 10.2 Å². The number of carboxylic acids is 1. The molecule has 4 rings (SSSR count). The maximum atomic E-state index is 13.3. The van der Waals surface area contributed by atoms with Crippen LogP contribution in [0.2, 0.25) is 10.0 Å². The summed E-state index contributed by atoms with van der Waals surface area (Å²) in [6.45, 7) is 0.341. The molecule has 0 saturated carbocycles. The monoisotopic (exact) mass is 650 g/mol. The van der Waals surface area contributed by atoms with E-state index in [0.29, 0.717) is 33.7 Å². The molecular formula is C31H23Cl2F3O6S. The summed E-state index contributed by atoms with van der Waals surface area (Å²) in [7, 11) is 0. The van der Waals surface area contributed by atoms with Gasteiger partial charge in [0.05, 0.1) is 39.0 Å². The summed E-state index contributed by atoms with van der Waals surface area (Å²) in [6, 6.07) is 14.7. The minimum Gasteiger partial charge on any atom is -0.493 e. The number of ether oxygens (including phenoxy) is 1. The molecule has 0 aliphatic heterocycles. The van der Waals surface area contributed by atoms with Gasteiger partial charge in [-0.2, -0.15) is 13.2 Å². The van der Waals surface area contributed by atoms with Gasteiger partial charge in [-0.1, -0.05) is 59.6 Å². The zero-order chi connectivity index (χ0) is 31.1. The topological polar surface area (TPSA) is 97.0 Å². The summed E-state index contributed by atoms with van der Waals surface area (Å²) >= 11 is 13.0. The summed E-state index contributed by atoms with van der Waals surface area (Å²) in [4.78, 5) is 24.1.